The summed E-state index contributed by atoms with van der Waals surface area (Å²) in [5, 5.41) is 0. The highest BCUT2D eigenvalue weighted by Crippen LogP contribution is 2.36. The van der Waals surface area contributed by atoms with Crippen LogP contribution < -0.4 is 0 Å². The molecule has 134 valence electrons. The van der Waals surface area contributed by atoms with E-state index in [1.54, 1.807) is 0 Å². The highest BCUT2D eigenvalue weighted by molar-refractivity contribution is 5.70. The number of hydrogen-bond donors (Lipinski definition) is 0. The Morgan fingerprint density at radius 2 is 1.92 bits per heavy atom. The number of aromatic nitrogens is 1. The highest BCUT2D eigenvalue weighted by atomic mass is 16.6. The summed E-state index contributed by atoms with van der Waals surface area (Å²) in [5.41, 5.74) is 3.61. The first-order valence-electron chi connectivity index (χ1n) is 9.38. The van der Waals surface area contributed by atoms with E-state index >= 15 is 0 Å². The normalized spacial score (nSPS) is 21.4. The summed E-state index contributed by atoms with van der Waals surface area (Å²) in [6.45, 7) is 0.339. The van der Waals surface area contributed by atoms with Crippen molar-refractivity contribution in [2.24, 2.45) is 0 Å². The van der Waals surface area contributed by atoms with Gasteiger partial charge in [0.2, 0.25) is 0 Å². The van der Waals surface area contributed by atoms with E-state index in [-0.39, 0.29) is 18.2 Å². The van der Waals surface area contributed by atoms with Crippen molar-refractivity contribution < 1.29 is 9.53 Å². The van der Waals surface area contributed by atoms with Crippen molar-refractivity contribution in [1.82, 2.24) is 9.88 Å². The van der Waals surface area contributed by atoms with Crippen molar-refractivity contribution in [3.05, 3.63) is 77.6 Å². The molecule has 26 heavy (non-hydrogen) atoms. The molecule has 0 N–H and O–H groups in total. The fourth-order valence-electron chi connectivity index (χ4n) is 4.02. The third-order valence-electron chi connectivity index (χ3n) is 5.32. The maximum atomic E-state index is 12.6. The standard InChI is InChI=1S/C22H24N2O2/c25-22(26-16-17-6-2-1-3-7-17)24-20-11-12-21(24)15-18(14-20)9-10-19-8-4-5-13-23-19/h1-8,13-14,20-21H,9-12,15-16H2. The van der Waals surface area contributed by atoms with Gasteiger partial charge < -0.3 is 4.74 Å². The van der Waals surface area contributed by atoms with Crippen LogP contribution in [0.3, 0.4) is 0 Å². The lowest BCUT2D eigenvalue weighted by atomic mass is 9.97. The van der Waals surface area contributed by atoms with E-state index in [9.17, 15) is 4.79 Å². The van der Waals surface area contributed by atoms with Crippen LogP contribution in [0.2, 0.25) is 0 Å². The van der Waals surface area contributed by atoms with E-state index in [2.05, 4.69) is 17.1 Å². The second-order valence-corrected chi connectivity index (χ2v) is 7.10. The van der Waals surface area contributed by atoms with Gasteiger partial charge in [-0.1, -0.05) is 48.0 Å². The average Bonchev–Trinajstić information content (AvgIpc) is 2.96. The molecule has 1 aromatic carbocycles. The van der Waals surface area contributed by atoms with E-state index in [1.807, 2.05) is 53.6 Å². The molecular formula is C22H24N2O2. The topological polar surface area (TPSA) is 42.4 Å². The van der Waals surface area contributed by atoms with Gasteiger partial charge in [0.25, 0.3) is 0 Å². The molecule has 1 aromatic heterocycles. The maximum Gasteiger partial charge on any atom is 0.410 e. The van der Waals surface area contributed by atoms with Crippen molar-refractivity contribution in [1.29, 1.82) is 0 Å². The highest BCUT2D eigenvalue weighted by Gasteiger charge is 2.40. The number of aryl methyl sites for hydroxylation is 1. The Balaban J connectivity index is 1.35. The molecule has 2 unspecified atom stereocenters. The number of fused-ring (bicyclic) bond motifs is 2. The number of rotatable bonds is 5. The van der Waals surface area contributed by atoms with Gasteiger partial charge in [0.1, 0.15) is 6.61 Å². The van der Waals surface area contributed by atoms with Crippen LogP contribution in [0, 0.1) is 0 Å². The lowest BCUT2D eigenvalue weighted by molar-refractivity contribution is 0.0815. The minimum Gasteiger partial charge on any atom is -0.445 e. The second kappa shape index (κ2) is 7.73. The largest absolute Gasteiger partial charge is 0.445 e. The summed E-state index contributed by atoms with van der Waals surface area (Å²) in [4.78, 5) is 18.9. The molecule has 4 heteroatoms. The summed E-state index contributed by atoms with van der Waals surface area (Å²) >= 11 is 0. The average molecular weight is 348 g/mol. The summed E-state index contributed by atoms with van der Waals surface area (Å²) in [6, 6.07) is 16.4. The summed E-state index contributed by atoms with van der Waals surface area (Å²) in [5.74, 6) is 0. The molecule has 0 radical (unpaired) electrons. The van der Waals surface area contributed by atoms with Crippen LogP contribution in [-0.2, 0) is 17.8 Å². The van der Waals surface area contributed by atoms with Crippen molar-refractivity contribution in [2.75, 3.05) is 0 Å². The van der Waals surface area contributed by atoms with Crippen LogP contribution in [0.25, 0.3) is 0 Å². The zero-order valence-corrected chi connectivity index (χ0v) is 14.9. The van der Waals surface area contributed by atoms with E-state index < -0.39 is 0 Å². The van der Waals surface area contributed by atoms with E-state index in [0.717, 1.165) is 43.4 Å². The second-order valence-electron chi connectivity index (χ2n) is 7.10. The first-order valence-corrected chi connectivity index (χ1v) is 9.38. The molecule has 2 bridgehead atoms. The Hall–Kier alpha value is -2.62. The van der Waals surface area contributed by atoms with Crippen molar-refractivity contribution in [2.45, 2.75) is 50.8 Å². The number of ether oxygens (including phenoxy) is 1. The maximum absolute atomic E-state index is 12.6. The zero-order chi connectivity index (χ0) is 17.8. The smallest absolute Gasteiger partial charge is 0.410 e. The molecule has 0 saturated carbocycles. The number of pyridine rings is 1. The van der Waals surface area contributed by atoms with Crippen LogP contribution >= 0.6 is 0 Å². The number of carbonyl (C=O) groups excluding carboxylic acids is 1. The van der Waals surface area contributed by atoms with Gasteiger partial charge in [-0.05, 0) is 49.8 Å². The SMILES string of the molecule is O=C(OCc1ccccc1)N1C2C=C(CCc3ccccn3)CC1CC2. The van der Waals surface area contributed by atoms with Gasteiger partial charge in [0.05, 0.1) is 6.04 Å². The number of benzene rings is 1. The van der Waals surface area contributed by atoms with Crippen LogP contribution in [0.1, 0.15) is 36.9 Å². The minimum atomic E-state index is -0.179. The van der Waals surface area contributed by atoms with E-state index in [4.69, 9.17) is 4.74 Å². The molecule has 0 spiro atoms. The number of amides is 1. The molecule has 2 aromatic rings. The fraction of sp³-hybridized carbons (Fsp3) is 0.364. The molecule has 1 amide bonds. The van der Waals surface area contributed by atoms with Crippen LogP contribution in [0.15, 0.2) is 66.4 Å². The Bertz CT molecular complexity index is 773. The molecule has 2 aliphatic rings. The van der Waals surface area contributed by atoms with Gasteiger partial charge >= 0.3 is 6.09 Å². The van der Waals surface area contributed by atoms with Gasteiger partial charge in [0.15, 0.2) is 0 Å². The van der Waals surface area contributed by atoms with Crippen molar-refractivity contribution >= 4 is 6.09 Å². The fourth-order valence-corrected chi connectivity index (χ4v) is 4.02. The summed E-state index contributed by atoms with van der Waals surface area (Å²) in [7, 11) is 0. The van der Waals surface area contributed by atoms with Gasteiger partial charge in [-0.15, -0.1) is 0 Å². The lowest BCUT2D eigenvalue weighted by Crippen LogP contribution is -2.43. The van der Waals surface area contributed by atoms with E-state index in [0.29, 0.717) is 6.61 Å². The molecule has 3 heterocycles. The van der Waals surface area contributed by atoms with Crippen LogP contribution in [0.4, 0.5) is 4.79 Å². The predicted octanol–water partition coefficient (Wildman–Crippen LogP) is 4.51. The quantitative estimate of drug-likeness (QED) is 0.747. The van der Waals surface area contributed by atoms with Crippen molar-refractivity contribution in [3.63, 3.8) is 0 Å². The Morgan fingerprint density at radius 1 is 1.08 bits per heavy atom. The lowest BCUT2D eigenvalue weighted by Gasteiger charge is -2.33. The number of nitrogens with zero attached hydrogens (tertiary/aromatic N) is 2. The van der Waals surface area contributed by atoms with Gasteiger partial charge in [0, 0.05) is 17.9 Å². The monoisotopic (exact) mass is 348 g/mol. The molecule has 4 rings (SSSR count). The summed E-state index contributed by atoms with van der Waals surface area (Å²) in [6.07, 6.45) is 9.01. The Morgan fingerprint density at radius 3 is 2.69 bits per heavy atom. The molecule has 1 saturated heterocycles. The van der Waals surface area contributed by atoms with Gasteiger partial charge in [-0.3, -0.25) is 9.88 Å². The third-order valence-corrected chi connectivity index (χ3v) is 5.32. The third kappa shape index (κ3) is 3.79. The van der Waals surface area contributed by atoms with Crippen LogP contribution in [0.5, 0.6) is 0 Å². The summed E-state index contributed by atoms with van der Waals surface area (Å²) < 4.78 is 5.56. The van der Waals surface area contributed by atoms with Gasteiger partial charge in [-0.25, -0.2) is 4.79 Å². The van der Waals surface area contributed by atoms with Crippen LogP contribution in [-0.4, -0.2) is 28.1 Å². The van der Waals surface area contributed by atoms with E-state index in [1.165, 1.54) is 5.57 Å². The zero-order valence-electron chi connectivity index (χ0n) is 14.9. The van der Waals surface area contributed by atoms with Crippen molar-refractivity contribution in [3.8, 4) is 0 Å². The van der Waals surface area contributed by atoms with Gasteiger partial charge in [-0.2, -0.15) is 0 Å². The molecule has 0 aliphatic carbocycles. The Labute approximate surface area is 154 Å². The predicted molar refractivity (Wildman–Crippen MR) is 101 cm³/mol. The molecule has 2 atom stereocenters. The molecule has 4 nitrogen and oxygen atoms in total. The molecule has 2 aliphatic heterocycles. The molecule has 1 fully saturated rings. The minimum absolute atomic E-state index is 0.179. The first-order chi connectivity index (χ1) is 12.8. The number of carbonyl (C=O) groups is 1. The number of hydrogen-bond acceptors (Lipinski definition) is 3. The Kier molecular flexibility index (Phi) is 5.00. The molecular weight excluding hydrogens is 324 g/mol. The first kappa shape index (κ1) is 16.8.